The van der Waals surface area contributed by atoms with E-state index in [2.05, 4.69) is 10.6 Å². The number of rotatable bonds is 6. The van der Waals surface area contributed by atoms with Gasteiger partial charge in [-0.3, -0.25) is 14.4 Å². The highest BCUT2D eigenvalue weighted by Gasteiger charge is 2.29. The molecule has 1 saturated heterocycles. The quantitative estimate of drug-likeness (QED) is 0.684. The molecule has 4 N–H and O–H groups in total. The number of hydrogen-bond acceptors (Lipinski definition) is 4. The Morgan fingerprint density at radius 1 is 1.52 bits per heavy atom. The van der Waals surface area contributed by atoms with Gasteiger partial charge in [0.25, 0.3) is 0 Å². The van der Waals surface area contributed by atoms with E-state index in [4.69, 9.17) is 22.1 Å². The fourth-order valence-electron chi connectivity index (χ4n) is 2.38. The Morgan fingerprint density at radius 2 is 2.26 bits per heavy atom. The summed E-state index contributed by atoms with van der Waals surface area (Å²) in [6.45, 7) is 0. The third-order valence-electron chi connectivity index (χ3n) is 3.63. The molecule has 1 heterocycles. The van der Waals surface area contributed by atoms with Gasteiger partial charge in [0.05, 0.1) is 12.1 Å². The maximum atomic E-state index is 12.1. The highest BCUT2D eigenvalue weighted by molar-refractivity contribution is 6.32. The van der Waals surface area contributed by atoms with Crippen LogP contribution in [0.2, 0.25) is 5.02 Å². The summed E-state index contributed by atoms with van der Waals surface area (Å²) < 4.78 is 5.06. The molecule has 23 heavy (non-hydrogen) atoms. The fourth-order valence-corrected chi connectivity index (χ4v) is 2.66. The molecule has 0 unspecified atom stereocenters. The predicted molar refractivity (Wildman–Crippen MR) is 84.0 cm³/mol. The van der Waals surface area contributed by atoms with Crippen LogP contribution in [0, 0.1) is 0 Å². The fraction of sp³-hybridized carbons (Fsp3) is 0.400. The highest BCUT2D eigenvalue weighted by Crippen LogP contribution is 2.25. The SMILES string of the molecule is COc1ccc(C[C@H](NC(=O)[C@@H]2CCC(=O)N2)C(N)=O)cc1Cl. The number of benzene rings is 1. The van der Waals surface area contributed by atoms with E-state index < -0.39 is 23.9 Å². The van der Waals surface area contributed by atoms with Gasteiger partial charge in [0.15, 0.2) is 0 Å². The first-order chi connectivity index (χ1) is 10.9. The van der Waals surface area contributed by atoms with Crippen LogP contribution in [0.15, 0.2) is 18.2 Å². The third kappa shape index (κ3) is 4.35. The number of ether oxygens (including phenoxy) is 1. The van der Waals surface area contributed by atoms with E-state index in [0.717, 1.165) is 5.56 Å². The molecule has 1 fully saturated rings. The molecule has 1 aliphatic rings. The van der Waals surface area contributed by atoms with Gasteiger partial charge in [-0.05, 0) is 24.1 Å². The second kappa shape index (κ2) is 7.32. The molecule has 7 nitrogen and oxygen atoms in total. The van der Waals surface area contributed by atoms with Crippen LogP contribution in [-0.4, -0.2) is 36.9 Å². The van der Waals surface area contributed by atoms with E-state index in [1.807, 2.05) is 0 Å². The van der Waals surface area contributed by atoms with E-state index >= 15 is 0 Å². The lowest BCUT2D eigenvalue weighted by Gasteiger charge is -2.18. The summed E-state index contributed by atoms with van der Waals surface area (Å²) in [6, 6.07) is 3.56. The Morgan fingerprint density at radius 3 is 2.78 bits per heavy atom. The molecule has 2 atom stereocenters. The van der Waals surface area contributed by atoms with Crippen LogP contribution in [0.1, 0.15) is 18.4 Å². The zero-order valence-corrected chi connectivity index (χ0v) is 13.4. The van der Waals surface area contributed by atoms with Crippen molar-refractivity contribution in [3.05, 3.63) is 28.8 Å². The van der Waals surface area contributed by atoms with Gasteiger partial charge in [-0.25, -0.2) is 0 Å². The summed E-state index contributed by atoms with van der Waals surface area (Å²) in [7, 11) is 1.50. The molecule has 3 amide bonds. The van der Waals surface area contributed by atoms with Gasteiger partial charge in [-0.15, -0.1) is 0 Å². The molecule has 1 aromatic rings. The lowest BCUT2D eigenvalue weighted by atomic mass is 10.0. The van der Waals surface area contributed by atoms with Crippen molar-refractivity contribution in [2.45, 2.75) is 31.3 Å². The molecule has 0 saturated carbocycles. The minimum atomic E-state index is -0.885. The van der Waals surface area contributed by atoms with Crippen molar-refractivity contribution in [3.63, 3.8) is 0 Å². The summed E-state index contributed by atoms with van der Waals surface area (Å²) in [5.74, 6) is -0.736. The highest BCUT2D eigenvalue weighted by atomic mass is 35.5. The molecule has 0 bridgehead atoms. The lowest BCUT2D eigenvalue weighted by Crippen LogP contribution is -2.51. The van der Waals surface area contributed by atoms with E-state index in [-0.39, 0.29) is 12.3 Å². The van der Waals surface area contributed by atoms with Crippen LogP contribution >= 0.6 is 11.6 Å². The molecular weight excluding hydrogens is 322 g/mol. The lowest BCUT2D eigenvalue weighted by molar-refractivity contribution is -0.129. The van der Waals surface area contributed by atoms with Crippen molar-refractivity contribution in [1.82, 2.24) is 10.6 Å². The zero-order chi connectivity index (χ0) is 17.0. The Balaban J connectivity index is 2.04. The minimum absolute atomic E-state index is 0.178. The first-order valence-corrected chi connectivity index (χ1v) is 7.50. The Labute approximate surface area is 138 Å². The van der Waals surface area contributed by atoms with E-state index in [1.54, 1.807) is 18.2 Å². The maximum Gasteiger partial charge on any atom is 0.243 e. The molecule has 124 valence electrons. The standard InChI is InChI=1S/C15H18ClN3O4/c1-23-12-4-2-8(6-9(12)16)7-11(14(17)21)19-15(22)10-3-5-13(20)18-10/h2,4,6,10-11H,3,5,7H2,1H3,(H2,17,21)(H,18,20)(H,19,22)/t10-,11-/m0/s1. The average Bonchev–Trinajstić information content (AvgIpc) is 2.93. The number of carbonyl (C=O) groups excluding carboxylic acids is 3. The predicted octanol–water partition coefficient (Wildman–Crippen LogP) is 0.140. The number of nitrogens with two attached hydrogens (primary N) is 1. The molecular formula is C15H18ClN3O4. The van der Waals surface area contributed by atoms with Gasteiger partial charge in [0.2, 0.25) is 17.7 Å². The number of amides is 3. The summed E-state index contributed by atoms with van der Waals surface area (Å²) in [6.07, 6.45) is 0.906. The largest absolute Gasteiger partial charge is 0.495 e. The van der Waals surface area contributed by atoms with Gasteiger partial charge < -0.3 is 21.1 Å². The van der Waals surface area contributed by atoms with Crippen LogP contribution in [0.25, 0.3) is 0 Å². The van der Waals surface area contributed by atoms with Crippen LogP contribution in [0.5, 0.6) is 5.75 Å². The number of nitrogens with one attached hydrogen (secondary N) is 2. The molecule has 1 aliphatic heterocycles. The minimum Gasteiger partial charge on any atom is -0.495 e. The Hall–Kier alpha value is -2.28. The first kappa shape index (κ1) is 17.1. The summed E-state index contributed by atoms with van der Waals surface area (Å²) >= 11 is 6.04. The zero-order valence-electron chi connectivity index (χ0n) is 12.6. The number of methoxy groups -OCH3 is 1. The smallest absolute Gasteiger partial charge is 0.243 e. The van der Waals surface area contributed by atoms with Crippen LogP contribution in [0.3, 0.4) is 0 Å². The van der Waals surface area contributed by atoms with Gasteiger partial charge in [-0.2, -0.15) is 0 Å². The number of primary amides is 1. The van der Waals surface area contributed by atoms with Crippen LogP contribution in [0.4, 0.5) is 0 Å². The first-order valence-electron chi connectivity index (χ1n) is 7.12. The van der Waals surface area contributed by atoms with Crippen LogP contribution in [-0.2, 0) is 20.8 Å². The summed E-state index contributed by atoms with van der Waals surface area (Å²) in [5, 5.41) is 5.52. The second-order valence-electron chi connectivity index (χ2n) is 5.30. The molecule has 0 radical (unpaired) electrons. The van der Waals surface area contributed by atoms with Gasteiger partial charge >= 0.3 is 0 Å². The van der Waals surface area contributed by atoms with Crippen molar-refractivity contribution in [1.29, 1.82) is 0 Å². The molecule has 0 aliphatic carbocycles. The van der Waals surface area contributed by atoms with E-state index in [1.165, 1.54) is 7.11 Å². The summed E-state index contributed by atoms with van der Waals surface area (Å²) in [5.41, 5.74) is 6.09. The molecule has 2 rings (SSSR count). The van der Waals surface area contributed by atoms with E-state index in [0.29, 0.717) is 23.6 Å². The van der Waals surface area contributed by atoms with E-state index in [9.17, 15) is 14.4 Å². The molecule has 8 heteroatoms. The maximum absolute atomic E-state index is 12.1. The Bertz CT molecular complexity index is 635. The third-order valence-corrected chi connectivity index (χ3v) is 3.92. The monoisotopic (exact) mass is 339 g/mol. The number of hydrogen-bond donors (Lipinski definition) is 3. The molecule has 1 aromatic carbocycles. The average molecular weight is 340 g/mol. The van der Waals surface area contributed by atoms with Crippen LogP contribution < -0.4 is 21.1 Å². The van der Waals surface area contributed by atoms with Crippen molar-refractivity contribution in [2.75, 3.05) is 7.11 Å². The number of halogens is 1. The van der Waals surface area contributed by atoms with Crippen molar-refractivity contribution in [3.8, 4) is 5.75 Å². The van der Waals surface area contributed by atoms with Crippen molar-refractivity contribution >= 4 is 29.3 Å². The second-order valence-corrected chi connectivity index (χ2v) is 5.70. The van der Waals surface area contributed by atoms with Crippen molar-refractivity contribution < 1.29 is 19.1 Å². The van der Waals surface area contributed by atoms with Gasteiger partial charge in [-0.1, -0.05) is 17.7 Å². The Kier molecular flexibility index (Phi) is 5.44. The van der Waals surface area contributed by atoms with Gasteiger partial charge in [0.1, 0.15) is 17.8 Å². The molecule has 0 aromatic heterocycles. The molecule has 0 spiro atoms. The number of carbonyl (C=O) groups is 3. The normalized spacial score (nSPS) is 18.2. The summed E-state index contributed by atoms with van der Waals surface area (Å²) in [4.78, 5) is 34.8. The van der Waals surface area contributed by atoms with Gasteiger partial charge in [0, 0.05) is 12.8 Å². The van der Waals surface area contributed by atoms with Crippen molar-refractivity contribution in [2.24, 2.45) is 5.73 Å². The topological polar surface area (TPSA) is 111 Å².